The lowest BCUT2D eigenvalue weighted by molar-refractivity contribution is 0.0807. The van der Waals surface area contributed by atoms with Crippen molar-refractivity contribution in [3.8, 4) is 33.9 Å². The molecule has 0 saturated carbocycles. The maximum absolute atomic E-state index is 10.9. The number of fused-ring (bicyclic) bond motifs is 1. The smallest absolute Gasteiger partial charge is 0.147 e. The summed E-state index contributed by atoms with van der Waals surface area (Å²) in [7, 11) is 3.53. The number of phenolic OH excluding ortho intramolecular Hbond substituents is 1. The number of ether oxygens (including phenoxy) is 2. The molecule has 4 heterocycles. The zero-order valence-electron chi connectivity index (χ0n) is 21.6. The number of likely N-dealkylation sites (tertiary alicyclic amines) is 1. The van der Waals surface area contributed by atoms with Crippen molar-refractivity contribution in [2.24, 2.45) is 13.0 Å². The highest BCUT2D eigenvalue weighted by atomic mass is 16.5. The first kappa shape index (κ1) is 23.9. The van der Waals surface area contributed by atoms with Crippen molar-refractivity contribution >= 4 is 10.9 Å². The average molecular weight is 500 g/mol. The number of aromatic nitrogens is 4. The van der Waals surface area contributed by atoms with Crippen molar-refractivity contribution < 1.29 is 14.6 Å². The molecule has 2 aromatic carbocycles. The van der Waals surface area contributed by atoms with E-state index >= 15 is 0 Å². The molecule has 2 aliphatic rings. The van der Waals surface area contributed by atoms with Crippen LogP contribution in [0.1, 0.15) is 31.4 Å². The van der Waals surface area contributed by atoms with E-state index in [1.165, 1.54) is 12.8 Å². The van der Waals surface area contributed by atoms with E-state index < -0.39 is 0 Å². The molecule has 8 heteroatoms. The normalized spacial score (nSPS) is 19.3. The Morgan fingerprint density at radius 2 is 1.97 bits per heavy atom. The topological polar surface area (TPSA) is 85.5 Å². The Kier molecular flexibility index (Phi) is 6.30. The third kappa shape index (κ3) is 4.67. The Balaban J connectivity index is 1.14. The van der Waals surface area contributed by atoms with Gasteiger partial charge in [-0.05, 0) is 73.2 Å². The predicted molar refractivity (Wildman–Crippen MR) is 143 cm³/mol. The van der Waals surface area contributed by atoms with Crippen LogP contribution in [0.4, 0.5) is 0 Å². The largest absolute Gasteiger partial charge is 0.507 e. The Morgan fingerprint density at radius 3 is 2.68 bits per heavy atom. The molecule has 2 atom stereocenters. The summed E-state index contributed by atoms with van der Waals surface area (Å²) in [5.74, 6) is 1.99. The minimum absolute atomic E-state index is 0.171. The van der Waals surface area contributed by atoms with Crippen LogP contribution >= 0.6 is 0 Å². The summed E-state index contributed by atoms with van der Waals surface area (Å²) in [5.41, 5.74) is 5.01. The quantitative estimate of drug-likeness (QED) is 0.397. The minimum atomic E-state index is 0.171. The first-order valence-corrected chi connectivity index (χ1v) is 13.0. The van der Waals surface area contributed by atoms with Crippen LogP contribution < -0.4 is 4.74 Å². The molecule has 192 valence electrons. The van der Waals surface area contributed by atoms with Gasteiger partial charge in [-0.2, -0.15) is 15.3 Å². The molecule has 37 heavy (non-hydrogen) atoms. The number of benzene rings is 2. The average Bonchev–Trinajstić information content (AvgIpc) is 3.51. The van der Waals surface area contributed by atoms with E-state index in [2.05, 4.69) is 33.2 Å². The molecule has 6 rings (SSSR count). The maximum atomic E-state index is 10.9. The fraction of sp³-hybridized carbons (Fsp3) is 0.414. The molecule has 2 unspecified atom stereocenters. The predicted octanol–water partition coefficient (Wildman–Crippen LogP) is 4.63. The summed E-state index contributed by atoms with van der Waals surface area (Å²) in [6.07, 6.45) is 4.35. The second kappa shape index (κ2) is 9.76. The van der Waals surface area contributed by atoms with Crippen LogP contribution in [0.25, 0.3) is 33.3 Å². The monoisotopic (exact) mass is 499 g/mol. The highest BCUT2D eigenvalue weighted by Crippen LogP contribution is 2.37. The summed E-state index contributed by atoms with van der Waals surface area (Å²) in [5, 5.41) is 25.3. The van der Waals surface area contributed by atoms with Crippen molar-refractivity contribution in [2.45, 2.75) is 31.7 Å². The van der Waals surface area contributed by atoms with Gasteiger partial charge in [0, 0.05) is 62.5 Å². The highest BCUT2D eigenvalue weighted by Gasteiger charge is 2.34. The van der Waals surface area contributed by atoms with Crippen LogP contribution in [-0.2, 0) is 11.8 Å². The van der Waals surface area contributed by atoms with Crippen LogP contribution in [0.15, 0.2) is 48.7 Å². The molecule has 1 N–H and O–H groups in total. The fourth-order valence-electron chi connectivity index (χ4n) is 5.64. The van der Waals surface area contributed by atoms with Crippen LogP contribution in [-0.4, -0.2) is 69.4 Å². The number of aromatic hydroxyl groups is 1. The Morgan fingerprint density at radius 1 is 1.11 bits per heavy atom. The molecule has 0 aliphatic carbocycles. The van der Waals surface area contributed by atoms with Gasteiger partial charge in [-0.1, -0.05) is 6.07 Å². The molecule has 0 amide bonds. The first-order chi connectivity index (χ1) is 18.0. The molecule has 2 aliphatic heterocycles. The highest BCUT2D eigenvalue weighted by molar-refractivity contribution is 5.90. The van der Waals surface area contributed by atoms with Gasteiger partial charge in [-0.25, -0.2) is 0 Å². The van der Waals surface area contributed by atoms with Crippen LogP contribution in [0.5, 0.6) is 11.5 Å². The van der Waals surface area contributed by atoms with Gasteiger partial charge in [-0.3, -0.25) is 9.58 Å². The number of phenols is 1. The van der Waals surface area contributed by atoms with E-state index in [4.69, 9.17) is 9.47 Å². The lowest BCUT2D eigenvalue weighted by Crippen LogP contribution is -2.50. The van der Waals surface area contributed by atoms with Crippen LogP contribution in [0.2, 0.25) is 0 Å². The number of hydrogen-bond donors (Lipinski definition) is 1. The standard InChI is InChI=1S/C29H33N5O3/c1-18(10-19-8-9-37-17-19)34-15-23(16-34)25-6-7-26(31-30-25)24-5-4-20(12-27(24)35)21-11-22-14-33(2)32-29(22)28(13-21)36-3/h4-7,11-14,18-19,23,35H,8-10,15-17H2,1-3H3. The van der Waals surface area contributed by atoms with Gasteiger partial charge in [0.2, 0.25) is 0 Å². The maximum Gasteiger partial charge on any atom is 0.147 e. The second-order valence-electron chi connectivity index (χ2n) is 10.5. The number of aryl methyl sites for hydroxylation is 1. The molecule has 2 saturated heterocycles. The van der Waals surface area contributed by atoms with E-state index in [0.717, 1.165) is 54.0 Å². The van der Waals surface area contributed by atoms with Crippen molar-refractivity contribution in [2.75, 3.05) is 33.4 Å². The summed E-state index contributed by atoms with van der Waals surface area (Å²) < 4.78 is 12.9. The summed E-state index contributed by atoms with van der Waals surface area (Å²) in [4.78, 5) is 2.53. The zero-order valence-corrected chi connectivity index (χ0v) is 21.6. The van der Waals surface area contributed by atoms with Gasteiger partial charge < -0.3 is 14.6 Å². The molecule has 2 aromatic heterocycles. The fourth-order valence-corrected chi connectivity index (χ4v) is 5.64. The van der Waals surface area contributed by atoms with E-state index in [-0.39, 0.29) is 5.75 Å². The molecule has 0 radical (unpaired) electrons. The number of nitrogens with zero attached hydrogens (tertiary/aromatic N) is 5. The third-order valence-electron chi connectivity index (χ3n) is 7.85. The number of rotatable bonds is 7. The van der Waals surface area contributed by atoms with E-state index in [1.54, 1.807) is 17.9 Å². The van der Waals surface area contributed by atoms with Gasteiger partial charge >= 0.3 is 0 Å². The van der Waals surface area contributed by atoms with Crippen molar-refractivity contribution in [1.29, 1.82) is 0 Å². The van der Waals surface area contributed by atoms with Gasteiger partial charge in [-0.15, -0.1) is 0 Å². The number of methoxy groups -OCH3 is 1. The Bertz CT molecular complexity index is 1410. The summed E-state index contributed by atoms with van der Waals surface area (Å²) in [6.45, 7) is 6.19. The summed E-state index contributed by atoms with van der Waals surface area (Å²) >= 11 is 0. The van der Waals surface area contributed by atoms with E-state index in [0.29, 0.717) is 34.9 Å². The van der Waals surface area contributed by atoms with Gasteiger partial charge in [0.15, 0.2) is 0 Å². The summed E-state index contributed by atoms with van der Waals surface area (Å²) in [6, 6.07) is 14.2. The Hall–Kier alpha value is -3.49. The Labute approximate surface area is 216 Å². The van der Waals surface area contributed by atoms with Crippen molar-refractivity contribution in [1.82, 2.24) is 24.9 Å². The zero-order chi connectivity index (χ0) is 25.5. The molecule has 0 spiro atoms. The van der Waals surface area contributed by atoms with Gasteiger partial charge in [0.25, 0.3) is 0 Å². The number of hydrogen-bond acceptors (Lipinski definition) is 7. The van der Waals surface area contributed by atoms with Gasteiger partial charge in [0.1, 0.15) is 17.0 Å². The van der Waals surface area contributed by atoms with Crippen LogP contribution in [0, 0.1) is 5.92 Å². The third-order valence-corrected chi connectivity index (χ3v) is 7.85. The van der Waals surface area contributed by atoms with E-state index in [9.17, 15) is 5.11 Å². The molecule has 8 nitrogen and oxygen atoms in total. The molecular weight excluding hydrogens is 466 g/mol. The SMILES string of the molecule is COc1cc(-c2ccc(-c3ccc(C4CN(C(C)CC5CCOC5)C4)nn3)c(O)c2)cc2cn(C)nc12. The van der Waals surface area contributed by atoms with Crippen molar-refractivity contribution in [3.05, 3.63) is 54.4 Å². The lowest BCUT2D eigenvalue weighted by Gasteiger charge is -2.43. The molecular formula is C29H33N5O3. The van der Waals surface area contributed by atoms with E-state index in [1.807, 2.05) is 43.6 Å². The van der Waals surface area contributed by atoms with Gasteiger partial charge in [0.05, 0.1) is 18.5 Å². The van der Waals surface area contributed by atoms with Crippen molar-refractivity contribution in [3.63, 3.8) is 0 Å². The minimum Gasteiger partial charge on any atom is -0.507 e. The molecule has 2 fully saturated rings. The second-order valence-corrected chi connectivity index (χ2v) is 10.5. The first-order valence-electron chi connectivity index (χ1n) is 13.0. The lowest BCUT2D eigenvalue weighted by atomic mass is 9.91. The molecule has 0 bridgehead atoms. The van der Waals surface area contributed by atoms with Crippen LogP contribution in [0.3, 0.4) is 0 Å². The molecule has 4 aromatic rings.